The molecule has 1 aliphatic rings. The minimum absolute atomic E-state index is 0.117. The Morgan fingerprint density at radius 3 is 2.65 bits per heavy atom. The van der Waals surface area contributed by atoms with Crippen molar-refractivity contribution in [1.82, 2.24) is 0 Å². The van der Waals surface area contributed by atoms with Gasteiger partial charge in [0.2, 0.25) is 0 Å². The molecule has 1 heterocycles. The number of hydrogen-bond acceptors (Lipinski definition) is 4. The molecule has 1 aliphatic heterocycles. The maximum absolute atomic E-state index is 12.0. The van der Waals surface area contributed by atoms with E-state index in [2.05, 4.69) is 0 Å². The lowest BCUT2D eigenvalue weighted by molar-refractivity contribution is -0.0349. The summed E-state index contributed by atoms with van der Waals surface area (Å²) in [5.41, 5.74) is 1.61. The van der Waals surface area contributed by atoms with Gasteiger partial charge in [0.25, 0.3) is 0 Å². The Morgan fingerprint density at radius 2 is 1.96 bits per heavy atom. The second-order valence-corrected chi connectivity index (χ2v) is 7.31. The quantitative estimate of drug-likeness (QED) is 0.762. The molecule has 2 aromatic carbocycles. The highest BCUT2D eigenvalue weighted by atomic mass is 35.5. The SMILES string of the molecule is C[C@@]1(c2ccc(Cl)cc2)O[C@H](COC(=O)c2ccccc2)CS1. The largest absolute Gasteiger partial charge is 0.459 e. The summed E-state index contributed by atoms with van der Waals surface area (Å²) in [6, 6.07) is 16.6. The number of carbonyl (C=O) groups is 1. The Labute approximate surface area is 144 Å². The van der Waals surface area contributed by atoms with Crippen LogP contribution in [0.2, 0.25) is 5.02 Å². The molecule has 23 heavy (non-hydrogen) atoms. The first kappa shape index (κ1) is 16.4. The average molecular weight is 349 g/mol. The Hall–Kier alpha value is -1.49. The lowest BCUT2D eigenvalue weighted by Gasteiger charge is -2.24. The molecule has 2 aromatic rings. The van der Waals surface area contributed by atoms with Crippen molar-refractivity contribution in [1.29, 1.82) is 0 Å². The van der Waals surface area contributed by atoms with E-state index in [0.29, 0.717) is 10.6 Å². The van der Waals surface area contributed by atoms with Gasteiger partial charge in [0.15, 0.2) is 0 Å². The van der Waals surface area contributed by atoms with E-state index in [4.69, 9.17) is 21.1 Å². The maximum Gasteiger partial charge on any atom is 0.338 e. The van der Waals surface area contributed by atoms with Crippen LogP contribution in [0, 0.1) is 0 Å². The highest BCUT2D eigenvalue weighted by molar-refractivity contribution is 8.00. The minimum Gasteiger partial charge on any atom is -0.459 e. The molecule has 0 saturated carbocycles. The van der Waals surface area contributed by atoms with Gasteiger partial charge in [-0.05, 0) is 36.8 Å². The Morgan fingerprint density at radius 1 is 1.26 bits per heavy atom. The molecule has 5 heteroatoms. The van der Waals surface area contributed by atoms with Crippen LogP contribution in [0.5, 0.6) is 0 Å². The van der Waals surface area contributed by atoms with Crippen molar-refractivity contribution in [3.8, 4) is 0 Å². The highest BCUT2D eigenvalue weighted by Gasteiger charge is 2.38. The van der Waals surface area contributed by atoms with Crippen LogP contribution in [0.25, 0.3) is 0 Å². The predicted octanol–water partition coefficient (Wildman–Crippen LogP) is 4.50. The van der Waals surface area contributed by atoms with E-state index in [1.54, 1.807) is 23.9 Å². The fourth-order valence-corrected chi connectivity index (χ4v) is 3.75. The van der Waals surface area contributed by atoms with Crippen molar-refractivity contribution in [2.24, 2.45) is 0 Å². The molecule has 1 saturated heterocycles. The summed E-state index contributed by atoms with van der Waals surface area (Å²) in [4.78, 5) is 11.5. The molecule has 3 rings (SSSR count). The van der Waals surface area contributed by atoms with E-state index < -0.39 is 4.93 Å². The van der Waals surface area contributed by atoms with Gasteiger partial charge in [0.1, 0.15) is 17.6 Å². The third-order valence-electron chi connectivity index (χ3n) is 3.71. The molecule has 0 unspecified atom stereocenters. The van der Waals surface area contributed by atoms with E-state index >= 15 is 0 Å². The van der Waals surface area contributed by atoms with E-state index in [1.807, 2.05) is 49.4 Å². The van der Waals surface area contributed by atoms with Gasteiger partial charge in [-0.15, -0.1) is 11.8 Å². The normalized spacial score (nSPS) is 23.7. The number of benzene rings is 2. The lowest BCUT2D eigenvalue weighted by Crippen LogP contribution is -2.25. The summed E-state index contributed by atoms with van der Waals surface area (Å²) in [6.07, 6.45) is -0.117. The lowest BCUT2D eigenvalue weighted by atomic mass is 10.1. The van der Waals surface area contributed by atoms with Gasteiger partial charge in [-0.3, -0.25) is 0 Å². The molecule has 0 aliphatic carbocycles. The average Bonchev–Trinajstić information content (AvgIpc) is 2.96. The van der Waals surface area contributed by atoms with Crippen LogP contribution in [0.4, 0.5) is 0 Å². The topological polar surface area (TPSA) is 35.5 Å². The second-order valence-electron chi connectivity index (χ2n) is 5.47. The predicted molar refractivity (Wildman–Crippen MR) is 92.9 cm³/mol. The number of rotatable bonds is 4. The first-order valence-corrected chi connectivity index (χ1v) is 8.73. The van der Waals surface area contributed by atoms with Crippen LogP contribution in [0.3, 0.4) is 0 Å². The fourth-order valence-electron chi connectivity index (χ4n) is 2.45. The molecule has 120 valence electrons. The van der Waals surface area contributed by atoms with Crippen molar-refractivity contribution < 1.29 is 14.3 Å². The fraction of sp³-hybridized carbons (Fsp3) is 0.278. The molecule has 0 radical (unpaired) electrons. The van der Waals surface area contributed by atoms with Crippen molar-refractivity contribution >= 4 is 29.3 Å². The summed E-state index contributed by atoms with van der Waals surface area (Å²) in [5.74, 6) is 0.459. The van der Waals surface area contributed by atoms with Crippen LogP contribution in [0.15, 0.2) is 54.6 Å². The molecule has 0 N–H and O–H groups in total. The zero-order valence-electron chi connectivity index (χ0n) is 12.7. The Balaban J connectivity index is 1.57. The van der Waals surface area contributed by atoms with Crippen LogP contribution in [0.1, 0.15) is 22.8 Å². The Kier molecular flexibility index (Phi) is 4.95. The second kappa shape index (κ2) is 6.95. The summed E-state index contributed by atoms with van der Waals surface area (Å²) in [6.45, 7) is 2.28. The third-order valence-corrected chi connectivity index (χ3v) is 5.39. The summed E-state index contributed by atoms with van der Waals surface area (Å²) in [7, 11) is 0. The Bertz CT molecular complexity index is 674. The first-order chi connectivity index (χ1) is 11.1. The number of hydrogen-bond donors (Lipinski definition) is 0. The molecule has 1 fully saturated rings. The van der Waals surface area contributed by atoms with Crippen LogP contribution < -0.4 is 0 Å². The highest BCUT2D eigenvalue weighted by Crippen LogP contribution is 2.44. The third kappa shape index (κ3) is 3.89. The number of esters is 1. The summed E-state index contributed by atoms with van der Waals surface area (Å²) in [5, 5.41) is 0.702. The van der Waals surface area contributed by atoms with Gasteiger partial charge in [0, 0.05) is 10.8 Å². The smallest absolute Gasteiger partial charge is 0.338 e. The number of thioether (sulfide) groups is 1. The van der Waals surface area contributed by atoms with Gasteiger partial charge in [-0.1, -0.05) is 41.9 Å². The van der Waals surface area contributed by atoms with Gasteiger partial charge < -0.3 is 9.47 Å². The number of ether oxygens (including phenoxy) is 2. The van der Waals surface area contributed by atoms with Crippen molar-refractivity contribution in [2.75, 3.05) is 12.4 Å². The molecule has 0 spiro atoms. The van der Waals surface area contributed by atoms with E-state index in [1.165, 1.54) is 0 Å². The van der Waals surface area contributed by atoms with Gasteiger partial charge >= 0.3 is 5.97 Å². The van der Waals surface area contributed by atoms with Crippen LogP contribution >= 0.6 is 23.4 Å². The minimum atomic E-state index is -0.436. The first-order valence-electron chi connectivity index (χ1n) is 7.37. The molecular weight excluding hydrogens is 332 g/mol. The van der Waals surface area contributed by atoms with Crippen LogP contribution in [-0.4, -0.2) is 24.4 Å². The molecule has 0 bridgehead atoms. The van der Waals surface area contributed by atoms with Crippen molar-refractivity contribution in [3.63, 3.8) is 0 Å². The monoisotopic (exact) mass is 348 g/mol. The molecule has 2 atom stereocenters. The van der Waals surface area contributed by atoms with Crippen LogP contribution in [-0.2, 0) is 14.4 Å². The van der Waals surface area contributed by atoms with E-state index in [-0.39, 0.29) is 18.7 Å². The molecular formula is C18H17ClO3S. The summed E-state index contributed by atoms with van der Waals surface area (Å²) < 4.78 is 11.5. The van der Waals surface area contributed by atoms with E-state index in [9.17, 15) is 4.79 Å². The maximum atomic E-state index is 12.0. The zero-order chi connectivity index (χ0) is 16.3. The standard InChI is InChI=1S/C18H17ClO3S/c1-18(14-7-9-15(19)10-8-14)22-16(12-23-18)11-21-17(20)13-5-3-2-4-6-13/h2-10,16H,11-12H2,1H3/t16-,18-/m1/s1. The number of carbonyl (C=O) groups excluding carboxylic acids is 1. The van der Waals surface area contributed by atoms with Crippen molar-refractivity contribution in [2.45, 2.75) is 18.0 Å². The zero-order valence-corrected chi connectivity index (χ0v) is 14.3. The van der Waals surface area contributed by atoms with Gasteiger partial charge in [-0.25, -0.2) is 4.79 Å². The van der Waals surface area contributed by atoms with Gasteiger partial charge in [0.05, 0.1) is 5.56 Å². The number of halogens is 1. The summed E-state index contributed by atoms with van der Waals surface area (Å²) >= 11 is 7.63. The van der Waals surface area contributed by atoms with Gasteiger partial charge in [-0.2, -0.15) is 0 Å². The van der Waals surface area contributed by atoms with Crippen molar-refractivity contribution in [3.05, 3.63) is 70.7 Å². The molecule has 0 aromatic heterocycles. The van der Waals surface area contributed by atoms with E-state index in [0.717, 1.165) is 11.3 Å². The molecule has 3 nitrogen and oxygen atoms in total. The molecule has 0 amide bonds.